The SMILES string of the molecule is O=C(/C=C/c1ccc(Cl)cc1)Oc1ccc(Br)cc1/C=C1/C(=O)NC(=O)N(c2cccc(C(F)(F)F)c2)C1=O. The summed E-state index contributed by atoms with van der Waals surface area (Å²) in [6, 6.07) is 13.4. The second-order valence-electron chi connectivity index (χ2n) is 7.99. The van der Waals surface area contributed by atoms with Crippen molar-refractivity contribution in [3.8, 4) is 5.75 Å². The number of nitrogens with one attached hydrogen (secondary N) is 1. The fraction of sp³-hybridized carbons (Fsp3) is 0.0370. The summed E-state index contributed by atoms with van der Waals surface area (Å²) < 4.78 is 45.4. The van der Waals surface area contributed by atoms with Crippen molar-refractivity contribution < 1.29 is 37.1 Å². The highest BCUT2D eigenvalue weighted by Crippen LogP contribution is 2.33. The van der Waals surface area contributed by atoms with Crippen molar-refractivity contribution in [2.24, 2.45) is 0 Å². The molecule has 0 radical (unpaired) electrons. The maximum Gasteiger partial charge on any atom is 0.416 e. The molecule has 3 aromatic rings. The molecule has 0 aliphatic carbocycles. The molecule has 1 saturated heterocycles. The number of halogens is 5. The Kier molecular flexibility index (Phi) is 8.03. The molecule has 4 amide bonds. The van der Waals surface area contributed by atoms with E-state index in [2.05, 4.69) is 15.9 Å². The highest BCUT2D eigenvalue weighted by Gasteiger charge is 2.38. The van der Waals surface area contributed by atoms with Gasteiger partial charge in [0, 0.05) is 21.1 Å². The van der Waals surface area contributed by atoms with Crippen LogP contribution >= 0.6 is 27.5 Å². The second-order valence-corrected chi connectivity index (χ2v) is 9.35. The summed E-state index contributed by atoms with van der Waals surface area (Å²) in [7, 11) is 0. The van der Waals surface area contributed by atoms with Gasteiger partial charge in [-0.25, -0.2) is 14.5 Å². The molecule has 198 valence electrons. The van der Waals surface area contributed by atoms with Crippen molar-refractivity contribution in [1.29, 1.82) is 0 Å². The van der Waals surface area contributed by atoms with Crippen LogP contribution in [0.4, 0.5) is 23.7 Å². The molecular formula is C27H15BrClF3N2O5. The Bertz CT molecular complexity index is 1550. The molecule has 0 atom stereocenters. The van der Waals surface area contributed by atoms with Crippen LogP contribution in [0.3, 0.4) is 0 Å². The number of rotatable bonds is 5. The summed E-state index contributed by atoms with van der Waals surface area (Å²) in [4.78, 5) is 51.0. The molecule has 1 fully saturated rings. The number of carbonyl (C=O) groups is 4. The Balaban J connectivity index is 1.65. The minimum atomic E-state index is -4.73. The molecule has 39 heavy (non-hydrogen) atoms. The summed E-state index contributed by atoms with van der Waals surface area (Å²) in [5, 5.41) is 2.47. The molecule has 12 heteroatoms. The van der Waals surface area contributed by atoms with E-state index in [1.54, 1.807) is 30.3 Å². The van der Waals surface area contributed by atoms with Crippen LogP contribution in [0.1, 0.15) is 16.7 Å². The van der Waals surface area contributed by atoms with E-state index in [0.29, 0.717) is 26.0 Å². The number of anilines is 1. The van der Waals surface area contributed by atoms with Crippen LogP contribution in [-0.2, 0) is 20.6 Å². The number of imide groups is 2. The normalized spacial score (nSPS) is 15.2. The van der Waals surface area contributed by atoms with Gasteiger partial charge in [-0.1, -0.05) is 45.7 Å². The number of benzene rings is 3. The van der Waals surface area contributed by atoms with Crippen molar-refractivity contribution >= 4 is 69.2 Å². The number of alkyl halides is 3. The number of hydrogen-bond acceptors (Lipinski definition) is 5. The fourth-order valence-electron chi connectivity index (χ4n) is 3.47. The average molecular weight is 620 g/mol. The number of nitrogens with zero attached hydrogens (tertiary/aromatic N) is 1. The van der Waals surface area contributed by atoms with Gasteiger partial charge in [0.25, 0.3) is 11.8 Å². The fourth-order valence-corrected chi connectivity index (χ4v) is 3.98. The van der Waals surface area contributed by atoms with Crippen LogP contribution in [0.5, 0.6) is 5.75 Å². The van der Waals surface area contributed by atoms with E-state index in [4.69, 9.17) is 16.3 Å². The van der Waals surface area contributed by atoms with Gasteiger partial charge in [-0.05, 0) is 66.2 Å². The van der Waals surface area contributed by atoms with Gasteiger partial charge in [0.2, 0.25) is 0 Å². The van der Waals surface area contributed by atoms with Crippen LogP contribution in [0.15, 0.2) is 82.9 Å². The maximum absolute atomic E-state index is 13.2. The average Bonchev–Trinajstić information content (AvgIpc) is 2.87. The zero-order valence-corrected chi connectivity index (χ0v) is 21.8. The zero-order valence-electron chi connectivity index (χ0n) is 19.5. The van der Waals surface area contributed by atoms with Crippen molar-refractivity contribution in [2.45, 2.75) is 6.18 Å². The van der Waals surface area contributed by atoms with Crippen LogP contribution in [0.2, 0.25) is 5.02 Å². The van der Waals surface area contributed by atoms with Gasteiger partial charge >= 0.3 is 18.2 Å². The number of esters is 1. The van der Waals surface area contributed by atoms with Crippen LogP contribution in [0.25, 0.3) is 12.2 Å². The van der Waals surface area contributed by atoms with E-state index in [-0.39, 0.29) is 17.0 Å². The minimum absolute atomic E-state index is 0.0282. The first kappa shape index (κ1) is 27.8. The quantitative estimate of drug-likeness (QED) is 0.154. The van der Waals surface area contributed by atoms with Crippen LogP contribution in [-0.4, -0.2) is 23.8 Å². The Labute approximate surface area is 232 Å². The monoisotopic (exact) mass is 618 g/mol. The number of urea groups is 1. The Morgan fingerprint density at radius 2 is 1.72 bits per heavy atom. The predicted molar refractivity (Wildman–Crippen MR) is 141 cm³/mol. The molecule has 0 unspecified atom stereocenters. The Morgan fingerprint density at radius 3 is 2.41 bits per heavy atom. The van der Waals surface area contributed by atoms with E-state index in [0.717, 1.165) is 30.4 Å². The van der Waals surface area contributed by atoms with Gasteiger partial charge in [-0.3, -0.25) is 14.9 Å². The first-order valence-electron chi connectivity index (χ1n) is 11.0. The van der Waals surface area contributed by atoms with Crippen molar-refractivity contribution in [2.75, 3.05) is 4.90 Å². The van der Waals surface area contributed by atoms with E-state index in [1.807, 2.05) is 5.32 Å². The molecule has 7 nitrogen and oxygen atoms in total. The summed E-state index contributed by atoms with van der Waals surface area (Å²) >= 11 is 9.10. The molecule has 1 aliphatic heterocycles. The molecule has 4 rings (SSSR count). The summed E-state index contributed by atoms with van der Waals surface area (Å²) in [5.41, 5.74) is -1.26. The molecule has 0 spiro atoms. The lowest BCUT2D eigenvalue weighted by Crippen LogP contribution is -2.54. The van der Waals surface area contributed by atoms with E-state index in [9.17, 15) is 32.3 Å². The van der Waals surface area contributed by atoms with E-state index >= 15 is 0 Å². The lowest BCUT2D eigenvalue weighted by atomic mass is 10.1. The number of amides is 4. The Hall–Kier alpha value is -4.22. The van der Waals surface area contributed by atoms with Crippen molar-refractivity contribution in [1.82, 2.24) is 5.32 Å². The topological polar surface area (TPSA) is 92.8 Å². The molecular weight excluding hydrogens is 605 g/mol. The van der Waals surface area contributed by atoms with Gasteiger partial charge in [-0.2, -0.15) is 13.2 Å². The first-order valence-corrected chi connectivity index (χ1v) is 12.1. The van der Waals surface area contributed by atoms with Gasteiger partial charge < -0.3 is 4.74 Å². The van der Waals surface area contributed by atoms with Gasteiger partial charge in [0.05, 0.1) is 11.3 Å². The Morgan fingerprint density at radius 1 is 1.00 bits per heavy atom. The number of hydrogen-bond donors (Lipinski definition) is 1. The van der Waals surface area contributed by atoms with Crippen molar-refractivity contribution in [3.05, 3.63) is 105 Å². The third-order valence-electron chi connectivity index (χ3n) is 5.30. The van der Waals surface area contributed by atoms with Crippen molar-refractivity contribution in [3.63, 3.8) is 0 Å². The van der Waals surface area contributed by atoms with Gasteiger partial charge in [0.1, 0.15) is 11.3 Å². The van der Waals surface area contributed by atoms with E-state index < -0.39 is 41.1 Å². The summed E-state index contributed by atoms with van der Waals surface area (Å²) in [6.45, 7) is 0. The van der Waals surface area contributed by atoms with Crippen LogP contribution in [0, 0.1) is 0 Å². The standard InChI is InChI=1S/C27H15BrClF3N2O5/c28-18-7-10-22(39-23(35)11-6-15-4-8-19(29)9-5-15)16(12-18)13-21-24(36)33-26(38)34(25(21)37)20-3-1-2-17(14-20)27(30,31)32/h1-14H,(H,33,36,38)/b11-6+,21-13-. The zero-order chi connectivity index (χ0) is 28.3. The summed E-state index contributed by atoms with van der Waals surface area (Å²) in [6.07, 6.45) is -1.00. The highest BCUT2D eigenvalue weighted by atomic mass is 79.9. The maximum atomic E-state index is 13.2. The third-order valence-corrected chi connectivity index (χ3v) is 6.04. The van der Waals surface area contributed by atoms with Crippen LogP contribution < -0.4 is 15.0 Å². The molecule has 0 bridgehead atoms. The number of barbiturate groups is 1. The molecule has 0 aromatic heterocycles. The van der Waals surface area contributed by atoms with Gasteiger partial charge in [0.15, 0.2) is 0 Å². The smallest absolute Gasteiger partial charge is 0.416 e. The molecule has 0 saturated carbocycles. The van der Waals surface area contributed by atoms with Gasteiger partial charge in [-0.15, -0.1) is 0 Å². The number of carbonyl (C=O) groups excluding carboxylic acids is 4. The molecule has 1 heterocycles. The third kappa shape index (κ3) is 6.62. The lowest BCUT2D eigenvalue weighted by Gasteiger charge is -2.27. The number of ether oxygens (including phenoxy) is 1. The largest absolute Gasteiger partial charge is 0.423 e. The predicted octanol–water partition coefficient (Wildman–Crippen LogP) is 6.41. The lowest BCUT2D eigenvalue weighted by molar-refractivity contribution is -0.137. The highest BCUT2D eigenvalue weighted by molar-refractivity contribution is 9.10. The second kappa shape index (κ2) is 11.3. The molecule has 1 aliphatic rings. The summed E-state index contributed by atoms with van der Waals surface area (Å²) in [5.74, 6) is -3.04. The van der Waals surface area contributed by atoms with E-state index in [1.165, 1.54) is 18.2 Å². The molecule has 1 N–H and O–H groups in total. The molecule has 3 aromatic carbocycles. The minimum Gasteiger partial charge on any atom is -0.423 e. The first-order chi connectivity index (χ1) is 18.4.